The van der Waals surface area contributed by atoms with Gasteiger partial charge in [0.1, 0.15) is 5.75 Å². The molecule has 0 aliphatic carbocycles. The van der Waals surface area contributed by atoms with Crippen molar-refractivity contribution in [3.63, 3.8) is 0 Å². The third-order valence-electron chi connectivity index (χ3n) is 2.31. The van der Waals surface area contributed by atoms with Crippen LogP contribution in [0.4, 0.5) is 5.69 Å². The Balaban J connectivity index is 1.90. The zero-order chi connectivity index (χ0) is 13.0. The molecular weight excluding hydrogens is 266 g/mol. The molecule has 4 heteroatoms. The first-order valence-electron chi connectivity index (χ1n) is 5.87. The van der Waals surface area contributed by atoms with Crippen molar-refractivity contribution in [3.8, 4) is 5.75 Å². The van der Waals surface area contributed by atoms with E-state index >= 15 is 0 Å². The molecule has 0 saturated heterocycles. The molecule has 0 bridgehead atoms. The van der Waals surface area contributed by atoms with Gasteiger partial charge < -0.3 is 10.1 Å². The molecule has 1 heterocycles. The fourth-order valence-corrected chi connectivity index (χ4v) is 2.57. The van der Waals surface area contributed by atoms with Crippen LogP contribution in [0.25, 0.3) is 0 Å². The summed E-state index contributed by atoms with van der Waals surface area (Å²) in [5.74, 6) is 0.898. The first kappa shape index (κ1) is 13.2. The summed E-state index contributed by atoms with van der Waals surface area (Å²) in [5, 5.41) is 6.10. The second-order valence-corrected chi connectivity index (χ2v) is 5.71. The molecule has 2 aromatic rings. The number of benzene rings is 1. The number of hydrogen-bond donors (Lipinski definition) is 1. The van der Waals surface area contributed by atoms with Gasteiger partial charge in [0.15, 0.2) is 0 Å². The number of anilines is 1. The minimum atomic E-state index is 0.206. The third kappa shape index (κ3) is 3.93. The minimum Gasteiger partial charge on any atom is -0.491 e. The van der Waals surface area contributed by atoms with Crippen molar-refractivity contribution in [2.75, 3.05) is 5.32 Å². The van der Waals surface area contributed by atoms with E-state index in [9.17, 15) is 0 Å². The number of halogens is 1. The largest absolute Gasteiger partial charge is 0.491 e. The molecule has 0 atom stereocenters. The lowest BCUT2D eigenvalue weighted by Crippen LogP contribution is -2.05. The third-order valence-corrected chi connectivity index (χ3v) is 3.60. The predicted molar refractivity (Wildman–Crippen MR) is 78.9 cm³/mol. The van der Waals surface area contributed by atoms with E-state index in [1.54, 1.807) is 11.3 Å². The first-order chi connectivity index (χ1) is 8.63. The lowest BCUT2D eigenvalue weighted by Gasteiger charge is -2.10. The highest BCUT2D eigenvalue weighted by Gasteiger charge is 2.00. The summed E-state index contributed by atoms with van der Waals surface area (Å²) < 4.78 is 5.59. The zero-order valence-electron chi connectivity index (χ0n) is 10.4. The van der Waals surface area contributed by atoms with Crippen LogP contribution in [0.2, 0.25) is 5.02 Å². The zero-order valence-corrected chi connectivity index (χ0v) is 12.0. The molecule has 0 aliphatic heterocycles. The standard InChI is InChI=1S/C14H16ClNOS/c1-10(2)17-13-5-3-12(4-6-13)16-8-14-7-11(15)9-18-14/h3-7,9-10,16H,8H2,1-2H3. The van der Waals surface area contributed by atoms with E-state index < -0.39 is 0 Å². The molecular formula is C14H16ClNOS. The Bertz CT molecular complexity index is 493. The molecule has 0 amide bonds. The summed E-state index contributed by atoms with van der Waals surface area (Å²) in [6.45, 7) is 4.83. The molecule has 1 aromatic carbocycles. The van der Waals surface area contributed by atoms with Gasteiger partial charge >= 0.3 is 0 Å². The lowest BCUT2D eigenvalue weighted by atomic mass is 10.3. The fraction of sp³-hybridized carbons (Fsp3) is 0.286. The Morgan fingerprint density at radius 3 is 2.56 bits per heavy atom. The Morgan fingerprint density at radius 2 is 2.00 bits per heavy atom. The molecule has 0 radical (unpaired) electrons. The molecule has 2 rings (SSSR count). The summed E-state index contributed by atoms with van der Waals surface area (Å²) in [4.78, 5) is 1.22. The maximum absolute atomic E-state index is 5.88. The van der Waals surface area contributed by atoms with Gasteiger partial charge in [0, 0.05) is 22.5 Å². The lowest BCUT2D eigenvalue weighted by molar-refractivity contribution is 0.242. The first-order valence-corrected chi connectivity index (χ1v) is 7.13. The molecule has 1 aromatic heterocycles. The molecule has 96 valence electrons. The van der Waals surface area contributed by atoms with Crippen LogP contribution < -0.4 is 10.1 Å². The molecule has 1 N–H and O–H groups in total. The molecule has 0 fully saturated rings. The molecule has 0 saturated carbocycles. The van der Waals surface area contributed by atoms with Crippen molar-refractivity contribution in [2.45, 2.75) is 26.5 Å². The highest BCUT2D eigenvalue weighted by atomic mass is 35.5. The average Bonchev–Trinajstić information content (AvgIpc) is 2.74. The van der Waals surface area contributed by atoms with Gasteiger partial charge in [0.05, 0.1) is 11.1 Å². The second kappa shape index (κ2) is 6.12. The highest BCUT2D eigenvalue weighted by Crippen LogP contribution is 2.21. The van der Waals surface area contributed by atoms with E-state index in [-0.39, 0.29) is 6.10 Å². The summed E-state index contributed by atoms with van der Waals surface area (Å²) >= 11 is 7.54. The van der Waals surface area contributed by atoms with E-state index in [4.69, 9.17) is 16.3 Å². The van der Waals surface area contributed by atoms with Crippen LogP contribution in [0.5, 0.6) is 5.75 Å². The van der Waals surface area contributed by atoms with E-state index in [2.05, 4.69) is 5.32 Å². The Kier molecular flexibility index (Phi) is 4.50. The number of nitrogens with one attached hydrogen (secondary N) is 1. The van der Waals surface area contributed by atoms with E-state index in [1.165, 1.54) is 4.88 Å². The Labute approximate surface area is 117 Å². The van der Waals surface area contributed by atoms with Crippen LogP contribution in [-0.4, -0.2) is 6.10 Å². The normalized spacial score (nSPS) is 10.7. The van der Waals surface area contributed by atoms with Gasteiger partial charge in [-0.05, 0) is 44.2 Å². The van der Waals surface area contributed by atoms with Gasteiger partial charge in [-0.25, -0.2) is 0 Å². The minimum absolute atomic E-state index is 0.206. The van der Waals surface area contributed by atoms with Crippen LogP contribution in [0.15, 0.2) is 35.7 Å². The predicted octanol–water partition coefficient (Wildman–Crippen LogP) is 4.80. The Hall–Kier alpha value is -1.19. The summed E-state index contributed by atoms with van der Waals surface area (Å²) in [5.41, 5.74) is 1.08. The van der Waals surface area contributed by atoms with Crippen molar-refractivity contribution in [1.29, 1.82) is 0 Å². The van der Waals surface area contributed by atoms with E-state index in [0.29, 0.717) is 0 Å². The topological polar surface area (TPSA) is 21.3 Å². The van der Waals surface area contributed by atoms with Crippen LogP contribution in [0, 0.1) is 0 Å². The quantitative estimate of drug-likeness (QED) is 0.850. The monoisotopic (exact) mass is 281 g/mol. The van der Waals surface area contributed by atoms with Crippen molar-refractivity contribution in [2.24, 2.45) is 0 Å². The highest BCUT2D eigenvalue weighted by molar-refractivity contribution is 7.10. The van der Waals surface area contributed by atoms with Crippen molar-refractivity contribution < 1.29 is 4.74 Å². The molecule has 0 spiro atoms. The molecule has 0 aliphatic rings. The second-order valence-electron chi connectivity index (χ2n) is 4.28. The van der Waals surface area contributed by atoms with E-state index in [0.717, 1.165) is 23.0 Å². The van der Waals surface area contributed by atoms with Crippen LogP contribution in [0.3, 0.4) is 0 Å². The summed E-state index contributed by atoms with van der Waals surface area (Å²) in [6, 6.07) is 9.97. The number of rotatable bonds is 5. The smallest absolute Gasteiger partial charge is 0.119 e. The van der Waals surface area contributed by atoms with Gasteiger partial charge in [-0.2, -0.15) is 0 Å². The average molecular weight is 282 g/mol. The molecule has 2 nitrogen and oxygen atoms in total. The maximum Gasteiger partial charge on any atom is 0.119 e. The number of hydrogen-bond acceptors (Lipinski definition) is 3. The van der Waals surface area contributed by atoms with Crippen molar-refractivity contribution in [1.82, 2.24) is 0 Å². The fourth-order valence-electron chi connectivity index (χ4n) is 1.56. The maximum atomic E-state index is 5.88. The van der Waals surface area contributed by atoms with Gasteiger partial charge in [0.25, 0.3) is 0 Å². The summed E-state index contributed by atoms with van der Waals surface area (Å²) in [6.07, 6.45) is 0.206. The van der Waals surface area contributed by atoms with Gasteiger partial charge in [-0.1, -0.05) is 11.6 Å². The number of ether oxygens (including phenoxy) is 1. The molecule has 0 unspecified atom stereocenters. The number of thiophene rings is 1. The van der Waals surface area contributed by atoms with Crippen LogP contribution >= 0.6 is 22.9 Å². The van der Waals surface area contributed by atoms with Crippen LogP contribution in [-0.2, 0) is 6.54 Å². The van der Waals surface area contributed by atoms with Crippen LogP contribution in [0.1, 0.15) is 18.7 Å². The van der Waals surface area contributed by atoms with Crippen molar-refractivity contribution in [3.05, 3.63) is 45.6 Å². The SMILES string of the molecule is CC(C)Oc1ccc(NCc2cc(Cl)cs2)cc1. The Morgan fingerprint density at radius 1 is 1.28 bits per heavy atom. The van der Waals surface area contributed by atoms with Gasteiger partial charge in [0.2, 0.25) is 0 Å². The van der Waals surface area contributed by atoms with Gasteiger partial charge in [-0.15, -0.1) is 11.3 Å². The van der Waals surface area contributed by atoms with E-state index in [1.807, 2.05) is 49.6 Å². The van der Waals surface area contributed by atoms with Crippen molar-refractivity contribution >= 4 is 28.6 Å². The summed E-state index contributed by atoms with van der Waals surface area (Å²) in [7, 11) is 0. The molecule has 18 heavy (non-hydrogen) atoms. The van der Waals surface area contributed by atoms with Gasteiger partial charge in [-0.3, -0.25) is 0 Å².